The van der Waals surface area contributed by atoms with Crippen LogP contribution in [-0.4, -0.2) is 78.4 Å². The van der Waals surface area contributed by atoms with Crippen LogP contribution in [0.15, 0.2) is 66.7 Å². The Bertz CT molecular complexity index is 1540. The third-order valence-electron chi connectivity index (χ3n) is 8.53. The van der Waals surface area contributed by atoms with Gasteiger partial charge in [-0.15, -0.1) is 0 Å². The molecule has 10 nitrogen and oxygen atoms in total. The number of nitrogens with one attached hydrogen (secondary N) is 2. The Morgan fingerprint density at radius 1 is 0.979 bits per heavy atom. The van der Waals surface area contributed by atoms with Gasteiger partial charge in [-0.25, -0.2) is 0 Å². The summed E-state index contributed by atoms with van der Waals surface area (Å²) in [6, 6.07) is 19.2. The molecule has 0 radical (unpaired) electrons. The fourth-order valence-corrected chi connectivity index (χ4v) is 9.06. The topological polar surface area (TPSA) is 155 Å². The summed E-state index contributed by atoms with van der Waals surface area (Å²) in [5.41, 5.74) is 10.1. The number of aliphatic hydroxyl groups excluding tert-OH is 1. The van der Waals surface area contributed by atoms with Crippen molar-refractivity contribution in [1.82, 2.24) is 20.7 Å². The molecule has 3 aromatic rings. The van der Waals surface area contributed by atoms with Crippen molar-refractivity contribution in [1.29, 1.82) is 0 Å². The van der Waals surface area contributed by atoms with Crippen LogP contribution in [-0.2, 0) is 20.8 Å². The number of rotatable bonds is 16. The Morgan fingerprint density at radius 2 is 1.67 bits per heavy atom. The SMILES string of the molecule is CC(C)(C)CC(=O)NN(CC1CCCCC1)C[C@H](O)[C@H](Cc1ccccc1)[AsH]C(=O)[C@H](CC(N)=O)NC(=O)c1ccc2ccccc2n1. The van der Waals surface area contributed by atoms with Crippen molar-refractivity contribution in [2.75, 3.05) is 13.1 Å². The molecule has 0 aliphatic heterocycles. The molecule has 1 heterocycles. The molecule has 11 heteroatoms. The third-order valence-corrected chi connectivity index (χ3v) is 11.9. The predicted molar refractivity (Wildman–Crippen MR) is 189 cm³/mol. The van der Waals surface area contributed by atoms with Crippen molar-refractivity contribution >= 4 is 48.9 Å². The summed E-state index contributed by atoms with van der Waals surface area (Å²) >= 11 is -1.62. The van der Waals surface area contributed by atoms with Crippen molar-refractivity contribution in [3.8, 4) is 0 Å². The van der Waals surface area contributed by atoms with Gasteiger partial charge in [-0.2, -0.15) is 0 Å². The molecule has 0 bridgehead atoms. The summed E-state index contributed by atoms with van der Waals surface area (Å²) in [4.78, 5) is 56.7. The van der Waals surface area contributed by atoms with Crippen LogP contribution in [0.1, 0.15) is 81.8 Å². The molecule has 258 valence electrons. The number of hydrogen-bond donors (Lipinski definition) is 4. The first kappa shape index (κ1) is 37.2. The molecule has 4 rings (SSSR count). The Hall–Kier alpha value is -3.59. The van der Waals surface area contributed by atoms with Gasteiger partial charge in [-0.3, -0.25) is 0 Å². The number of amides is 3. The van der Waals surface area contributed by atoms with Crippen LogP contribution in [0.4, 0.5) is 0 Å². The fraction of sp³-hybridized carbons (Fsp3) is 0.486. The van der Waals surface area contributed by atoms with E-state index in [1.807, 2.05) is 74.3 Å². The van der Waals surface area contributed by atoms with Gasteiger partial charge in [0, 0.05) is 0 Å². The van der Waals surface area contributed by atoms with E-state index in [9.17, 15) is 24.3 Å². The maximum absolute atomic E-state index is 13.9. The molecule has 1 saturated carbocycles. The molecular formula is C37H50AsN5O5. The van der Waals surface area contributed by atoms with Crippen LogP contribution in [0.5, 0.6) is 0 Å². The first-order valence-electron chi connectivity index (χ1n) is 16.9. The van der Waals surface area contributed by atoms with E-state index in [0.29, 0.717) is 30.8 Å². The number of aromatic nitrogens is 1. The molecule has 4 atom stereocenters. The zero-order valence-electron chi connectivity index (χ0n) is 28.3. The molecule has 2 aromatic carbocycles. The number of benzene rings is 2. The van der Waals surface area contributed by atoms with Gasteiger partial charge in [0.25, 0.3) is 0 Å². The summed E-state index contributed by atoms with van der Waals surface area (Å²) in [5.74, 6) is -0.992. The predicted octanol–water partition coefficient (Wildman–Crippen LogP) is 3.91. The van der Waals surface area contributed by atoms with E-state index in [0.717, 1.165) is 36.6 Å². The maximum atomic E-state index is 13.9. The molecular weight excluding hydrogens is 669 g/mol. The molecule has 0 saturated heterocycles. The zero-order valence-corrected chi connectivity index (χ0v) is 30.4. The summed E-state index contributed by atoms with van der Waals surface area (Å²) in [6.45, 7) is 6.82. The van der Waals surface area contributed by atoms with Gasteiger partial charge >= 0.3 is 291 Å². The van der Waals surface area contributed by atoms with E-state index in [1.54, 1.807) is 18.2 Å². The van der Waals surface area contributed by atoms with Gasteiger partial charge in [-0.05, 0) is 0 Å². The molecule has 1 aliphatic carbocycles. The number of hydrazine groups is 1. The van der Waals surface area contributed by atoms with Crippen LogP contribution in [0.25, 0.3) is 10.9 Å². The minimum atomic E-state index is -1.62. The molecule has 1 unspecified atom stereocenters. The van der Waals surface area contributed by atoms with Crippen molar-refractivity contribution in [2.45, 2.75) is 89.0 Å². The fourth-order valence-electron chi connectivity index (χ4n) is 6.17. The van der Waals surface area contributed by atoms with E-state index >= 15 is 0 Å². The standard InChI is InChI=1S/C37H50AsN5O5/c1-37(2,3)22-34(46)42-43(23-26-14-8-5-9-15-26)24-32(44)28(20-25-12-6-4-7-13-25)38-35(47)31(21-33(39)45)41-36(48)30-19-18-27-16-10-11-17-29(27)40-30/h4,6-7,10-13,16-19,26,28,31-32,38,44H,5,8-9,14-15,20-24H2,1-3H3,(H2,39,45)(H,41,48)(H,42,46)/t28-,31-,32-/m0/s1. The van der Waals surface area contributed by atoms with Crippen molar-refractivity contribution in [3.05, 3.63) is 78.0 Å². The normalized spacial score (nSPS) is 16.1. The zero-order chi connectivity index (χ0) is 34.7. The van der Waals surface area contributed by atoms with Gasteiger partial charge in [-0.1, -0.05) is 0 Å². The second kappa shape index (κ2) is 17.7. The number of hydrogen-bond acceptors (Lipinski definition) is 7. The van der Waals surface area contributed by atoms with E-state index in [2.05, 4.69) is 15.7 Å². The van der Waals surface area contributed by atoms with Crippen LogP contribution >= 0.6 is 0 Å². The number of aliphatic hydroxyl groups is 1. The van der Waals surface area contributed by atoms with Crippen LogP contribution in [0.2, 0.25) is 4.71 Å². The van der Waals surface area contributed by atoms with Gasteiger partial charge in [0.05, 0.1) is 0 Å². The van der Waals surface area contributed by atoms with Crippen molar-refractivity contribution < 1.29 is 24.3 Å². The van der Waals surface area contributed by atoms with Crippen LogP contribution < -0.4 is 16.5 Å². The van der Waals surface area contributed by atoms with E-state index < -0.39 is 44.4 Å². The number of nitrogens with two attached hydrogens (primary N) is 1. The summed E-state index contributed by atoms with van der Waals surface area (Å²) in [7, 11) is 0. The number of primary amides is 1. The van der Waals surface area contributed by atoms with Crippen molar-refractivity contribution in [3.63, 3.8) is 0 Å². The Balaban J connectivity index is 1.53. The molecule has 5 N–H and O–H groups in total. The molecule has 1 aliphatic rings. The van der Waals surface area contributed by atoms with Gasteiger partial charge < -0.3 is 0 Å². The van der Waals surface area contributed by atoms with Crippen molar-refractivity contribution in [2.24, 2.45) is 17.1 Å². The van der Waals surface area contributed by atoms with Gasteiger partial charge in [0.15, 0.2) is 0 Å². The van der Waals surface area contributed by atoms with Crippen LogP contribution in [0, 0.1) is 11.3 Å². The number of carbonyl (C=O) groups excluding carboxylic acids is 4. The molecule has 1 aromatic heterocycles. The first-order valence-corrected chi connectivity index (χ1v) is 19.1. The molecule has 3 amide bonds. The summed E-state index contributed by atoms with van der Waals surface area (Å²) in [5, 5.41) is 17.2. The second-order valence-electron chi connectivity index (χ2n) is 14.1. The Labute approximate surface area is 290 Å². The quantitative estimate of drug-likeness (QED) is 0.129. The second-order valence-corrected chi connectivity index (χ2v) is 17.3. The van der Waals surface area contributed by atoms with E-state index in [4.69, 9.17) is 5.73 Å². The third kappa shape index (κ3) is 12.1. The number of carbonyl (C=O) groups is 4. The minimum absolute atomic E-state index is 0.108. The first-order chi connectivity index (χ1) is 22.9. The van der Waals surface area contributed by atoms with E-state index in [1.165, 1.54) is 6.42 Å². The molecule has 0 spiro atoms. The molecule has 1 fully saturated rings. The molecule has 48 heavy (non-hydrogen) atoms. The number of para-hydroxylation sites is 1. The number of pyridine rings is 1. The Morgan fingerprint density at radius 3 is 2.35 bits per heavy atom. The monoisotopic (exact) mass is 719 g/mol. The average Bonchev–Trinajstić information content (AvgIpc) is 3.03. The van der Waals surface area contributed by atoms with E-state index in [-0.39, 0.29) is 34.6 Å². The number of fused-ring (bicyclic) bond motifs is 1. The van der Waals surface area contributed by atoms with Gasteiger partial charge in [0.2, 0.25) is 0 Å². The summed E-state index contributed by atoms with van der Waals surface area (Å²) < 4.78 is -0.738. The average molecular weight is 720 g/mol. The van der Waals surface area contributed by atoms with Crippen LogP contribution in [0.3, 0.4) is 0 Å². The Kier molecular flexibility index (Phi) is 13.7. The van der Waals surface area contributed by atoms with Gasteiger partial charge in [0.1, 0.15) is 0 Å². The summed E-state index contributed by atoms with van der Waals surface area (Å²) in [6.07, 6.45) is 5.12. The number of nitrogens with zero attached hydrogens (tertiary/aromatic N) is 2.